The van der Waals surface area contributed by atoms with E-state index in [2.05, 4.69) is 0 Å². The van der Waals surface area contributed by atoms with Crippen molar-refractivity contribution in [1.82, 2.24) is 0 Å². The molecule has 0 bridgehead atoms. The molecule has 0 aliphatic rings. The lowest BCUT2D eigenvalue weighted by Gasteiger charge is -2.18. The number of anilines is 1. The number of nitrogens with zero attached hydrogens (tertiary/aromatic N) is 1. The maximum atomic E-state index is 13.5. The van der Waals surface area contributed by atoms with E-state index >= 15 is 0 Å². The molecule has 0 aliphatic carbocycles. The van der Waals surface area contributed by atoms with E-state index in [4.69, 9.17) is 4.74 Å². The predicted octanol–water partition coefficient (Wildman–Crippen LogP) is 4.87. The average molecular weight is 333 g/mol. The van der Waals surface area contributed by atoms with E-state index in [0.29, 0.717) is 16.4 Å². The van der Waals surface area contributed by atoms with Gasteiger partial charge in [0.15, 0.2) is 0 Å². The standard InChI is InChI=1S/C17H18FNO3.C2H6/c1-3-17(20)19(21)15-9-8-14(18)10-13(15)11-22-16-7-5-4-6-12(16)2;1-2/h4-10,21H,3,11H2,1-2H3;1-2H3. The number of para-hydroxylation sites is 1. The van der Waals surface area contributed by atoms with Crippen LogP contribution in [-0.4, -0.2) is 11.1 Å². The Morgan fingerprint density at radius 2 is 1.88 bits per heavy atom. The fourth-order valence-electron chi connectivity index (χ4n) is 2.03. The molecule has 0 spiro atoms. The summed E-state index contributed by atoms with van der Waals surface area (Å²) in [6.07, 6.45) is 0.145. The number of halogens is 1. The largest absolute Gasteiger partial charge is 0.489 e. The van der Waals surface area contributed by atoms with Crippen LogP contribution in [0.3, 0.4) is 0 Å². The van der Waals surface area contributed by atoms with Crippen molar-refractivity contribution >= 4 is 11.6 Å². The molecular weight excluding hydrogens is 309 g/mol. The number of ether oxygens (including phenoxy) is 1. The molecular formula is C19H24FNO3. The van der Waals surface area contributed by atoms with Crippen molar-refractivity contribution in [3.63, 3.8) is 0 Å². The molecule has 1 N–H and O–H groups in total. The van der Waals surface area contributed by atoms with Crippen molar-refractivity contribution in [3.8, 4) is 5.75 Å². The van der Waals surface area contributed by atoms with Crippen molar-refractivity contribution in [2.24, 2.45) is 0 Å². The van der Waals surface area contributed by atoms with Gasteiger partial charge in [0.1, 0.15) is 18.2 Å². The Hall–Kier alpha value is -2.40. The zero-order chi connectivity index (χ0) is 18.1. The van der Waals surface area contributed by atoms with Crippen molar-refractivity contribution in [1.29, 1.82) is 0 Å². The molecule has 0 unspecified atom stereocenters. The second-order valence-electron chi connectivity index (χ2n) is 4.89. The summed E-state index contributed by atoms with van der Waals surface area (Å²) < 4.78 is 19.1. The van der Waals surface area contributed by atoms with Gasteiger partial charge in [0.2, 0.25) is 5.91 Å². The van der Waals surface area contributed by atoms with Crippen LogP contribution in [0.15, 0.2) is 42.5 Å². The van der Waals surface area contributed by atoms with E-state index in [0.717, 1.165) is 5.56 Å². The lowest BCUT2D eigenvalue weighted by molar-refractivity contribution is -0.123. The Morgan fingerprint density at radius 1 is 1.21 bits per heavy atom. The fraction of sp³-hybridized carbons (Fsp3) is 0.316. The van der Waals surface area contributed by atoms with Crippen molar-refractivity contribution in [3.05, 3.63) is 59.4 Å². The van der Waals surface area contributed by atoms with Crippen LogP contribution in [0.5, 0.6) is 5.75 Å². The zero-order valence-corrected chi connectivity index (χ0v) is 14.5. The van der Waals surface area contributed by atoms with E-state index in [1.54, 1.807) is 6.92 Å². The summed E-state index contributed by atoms with van der Waals surface area (Å²) in [5, 5.41) is 10.5. The molecule has 0 fully saturated rings. The first-order valence-corrected chi connectivity index (χ1v) is 8.01. The summed E-state index contributed by atoms with van der Waals surface area (Å²) in [6.45, 7) is 7.59. The van der Waals surface area contributed by atoms with Gasteiger partial charge in [-0.1, -0.05) is 39.0 Å². The topological polar surface area (TPSA) is 49.8 Å². The second-order valence-corrected chi connectivity index (χ2v) is 4.89. The normalized spacial score (nSPS) is 9.75. The molecule has 2 rings (SSSR count). The molecule has 0 saturated heterocycles. The Bertz CT molecular complexity index is 673. The quantitative estimate of drug-likeness (QED) is 0.627. The molecule has 5 heteroatoms. The number of carbonyl (C=O) groups is 1. The van der Waals surface area contributed by atoms with Crippen LogP contribution in [0.2, 0.25) is 0 Å². The Kier molecular flexibility index (Phi) is 7.92. The van der Waals surface area contributed by atoms with E-state index < -0.39 is 11.7 Å². The number of benzene rings is 2. The van der Waals surface area contributed by atoms with Gasteiger partial charge in [-0.15, -0.1) is 0 Å². The first-order valence-electron chi connectivity index (χ1n) is 8.01. The van der Waals surface area contributed by atoms with Gasteiger partial charge >= 0.3 is 0 Å². The molecule has 2 aromatic rings. The Balaban J connectivity index is 0.00000139. The SMILES string of the molecule is CC.CCC(=O)N(O)c1ccc(F)cc1COc1ccccc1C. The van der Waals surface area contributed by atoms with Gasteiger partial charge in [-0.2, -0.15) is 5.06 Å². The summed E-state index contributed by atoms with van der Waals surface area (Å²) in [7, 11) is 0. The van der Waals surface area contributed by atoms with Crippen LogP contribution in [0, 0.1) is 12.7 Å². The lowest BCUT2D eigenvalue weighted by Crippen LogP contribution is -2.27. The second kappa shape index (κ2) is 9.67. The predicted molar refractivity (Wildman–Crippen MR) is 92.8 cm³/mol. The minimum atomic E-state index is -0.469. The summed E-state index contributed by atoms with van der Waals surface area (Å²) in [4.78, 5) is 11.6. The van der Waals surface area contributed by atoms with E-state index in [1.807, 2.05) is 45.0 Å². The number of carbonyl (C=O) groups excluding carboxylic acids is 1. The number of hydrogen-bond acceptors (Lipinski definition) is 3. The smallest absolute Gasteiger partial charge is 0.250 e. The van der Waals surface area contributed by atoms with Crippen LogP contribution in [0.1, 0.15) is 38.3 Å². The van der Waals surface area contributed by atoms with Gasteiger partial charge in [-0.05, 0) is 36.8 Å². The zero-order valence-electron chi connectivity index (χ0n) is 14.5. The lowest BCUT2D eigenvalue weighted by atomic mass is 10.1. The molecule has 2 aromatic carbocycles. The van der Waals surface area contributed by atoms with Gasteiger partial charge in [0.05, 0.1) is 5.69 Å². The number of aryl methyl sites for hydroxylation is 1. The minimum absolute atomic E-state index is 0.0476. The third-order valence-electron chi connectivity index (χ3n) is 3.29. The highest BCUT2D eigenvalue weighted by molar-refractivity contribution is 5.91. The van der Waals surface area contributed by atoms with Crippen LogP contribution < -0.4 is 9.80 Å². The molecule has 0 radical (unpaired) electrons. The minimum Gasteiger partial charge on any atom is -0.489 e. The molecule has 0 atom stereocenters. The number of rotatable bonds is 5. The molecule has 4 nitrogen and oxygen atoms in total. The maximum absolute atomic E-state index is 13.5. The highest BCUT2D eigenvalue weighted by atomic mass is 19.1. The molecule has 130 valence electrons. The first-order chi connectivity index (χ1) is 11.5. The third-order valence-corrected chi connectivity index (χ3v) is 3.29. The number of amides is 1. The molecule has 0 aromatic heterocycles. The van der Waals surface area contributed by atoms with Gasteiger partial charge < -0.3 is 4.74 Å². The first kappa shape index (κ1) is 19.6. The molecule has 1 amide bonds. The van der Waals surface area contributed by atoms with Crippen molar-refractivity contribution in [2.45, 2.75) is 40.7 Å². The third kappa shape index (κ3) is 5.06. The van der Waals surface area contributed by atoms with E-state index in [-0.39, 0.29) is 18.7 Å². The summed E-state index contributed by atoms with van der Waals surface area (Å²) in [5.74, 6) is -0.253. The highest BCUT2D eigenvalue weighted by Gasteiger charge is 2.16. The van der Waals surface area contributed by atoms with Crippen LogP contribution in [0.25, 0.3) is 0 Å². The molecule has 24 heavy (non-hydrogen) atoms. The Morgan fingerprint density at radius 3 is 2.50 bits per heavy atom. The van der Waals surface area contributed by atoms with Crippen LogP contribution in [0.4, 0.5) is 10.1 Å². The van der Waals surface area contributed by atoms with Gasteiger partial charge in [-0.3, -0.25) is 10.0 Å². The molecule has 0 aliphatic heterocycles. The summed E-state index contributed by atoms with van der Waals surface area (Å²) >= 11 is 0. The van der Waals surface area contributed by atoms with Crippen molar-refractivity contribution in [2.75, 3.05) is 5.06 Å². The Labute approximate surface area is 142 Å². The van der Waals surface area contributed by atoms with Gasteiger partial charge in [0, 0.05) is 12.0 Å². The van der Waals surface area contributed by atoms with E-state index in [9.17, 15) is 14.4 Å². The summed E-state index contributed by atoms with van der Waals surface area (Å²) in [6, 6.07) is 11.2. The van der Waals surface area contributed by atoms with E-state index in [1.165, 1.54) is 18.2 Å². The average Bonchev–Trinajstić information content (AvgIpc) is 2.61. The monoisotopic (exact) mass is 333 g/mol. The van der Waals surface area contributed by atoms with Gasteiger partial charge in [-0.25, -0.2) is 4.39 Å². The van der Waals surface area contributed by atoms with Crippen LogP contribution in [-0.2, 0) is 11.4 Å². The highest BCUT2D eigenvalue weighted by Crippen LogP contribution is 2.24. The van der Waals surface area contributed by atoms with Gasteiger partial charge in [0.25, 0.3) is 0 Å². The maximum Gasteiger partial charge on any atom is 0.250 e. The fourth-order valence-corrected chi connectivity index (χ4v) is 2.03. The molecule has 0 saturated carbocycles. The summed E-state index contributed by atoms with van der Waals surface area (Å²) in [5.41, 5.74) is 1.57. The molecule has 0 heterocycles. The number of hydroxylamine groups is 1. The number of hydrogen-bond donors (Lipinski definition) is 1. The van der Waals surface area contributed by atoms with Crippen molar-refractivity contribution < 1.29 is 19.1 Å². The van der Waals surface area contributed by atoms with Crippen LogP contribution >= 0.6 is 0 Å².